The van der Waals surface area contributed by atoms with Crippen LogP contribution in [0.4, 0.5) is 10.1 Å². The summed E-state index contributed by atoms with van der Waals surface area (Å²) in [7, 11) is 0. The maximum absolute atomic E-state index is 13.9. The Morgan fingerprint density at radius 3 is 2.88 bits per heavy atom. The maximum atomic E-state index is 13.9. The van der Waals surface area contributed by atoms with Gasteiger partial charge in [-0.15, -0.1) is 10.2 Å². The third kappa shape index (κ3) is 4.18. The summed E-state index contributed by atoms with van der Waals surface area (Å²) in [4.78, 5) is 11.2. The van der Waals surface area contributed by atoms with E-state index in [1.54, 1.807) is 29.1 Å². The Bertz CT molecular complexity index is 895. The second-order valence-electron chi connectivity index (χ2n) is 5.20. The van der Waals surface area contributed by atoms with Gasteiger partial charge in [0.15, 0.2) is 5.16 Å². The summed E-state index contributed by atoms with van der Waals surface area (Å²) in [6.45, 7) is 1.45. The molecule has 0 saturated heterocycles. The summed E-state index contributed by atoms with van der Waals surface area (Å²) in [5, 5.41) is 11.7. The first-order chi connectivity index (χ1) is 12.0. The smallest absolute Gasteiger partial charge is 0.221 e. The van der Waals surface area contributed by atoms with Crippen molar-refractivity contribution in [2.45, 2.75) is 17.8 Å². The predicted molar refractivity (Wildman–Crippen MR) is 96.6 cm³/mol. The van der Waals surface area contributed by atoms with Crippen molar-refractivity contribution < 1.29 is 9.18 Å². The van der Waals surface area contributed by atoms with Crippen molar-refractivity contribution in [3.63, 3.8) is 0 Å². The van der Waals surface area contributed by atoms with Crippen LogP contribution in [-0.2, 0) is 10.5 Å². The van der Waals surface area contributed by atoms with Gasteiger partial charge >= 0.3 is 0 Å². The van der Waals surface area contributed by atoms with E-state index >= 15 is 0 Å². The molecule has 0 aliphatic heterocycles. The lowest BCUT2D eigenvalue weighted by Crippen LogP contribution is -2.06. The number of amides is 1. The van der Waals surface area contributed by atoms with E-state index in [-0.39, 0.29) is 11.7 Å². The van der Waals surface area contributed by atoms with Crippen molar-refractivity contribution in [1.82, 2.24) is 14.8 Å². The predicted octanol–water partition coefficient (Wildman–Crippen LogP) is 4.31. The van der Waals surface area contributed by atoms with Crippen LogP contribution in [0, 0.1) is 5.82 Å². The minimum Gasteiger partial charge on any atom is -0.326 e. The number of nitrogens with one attached hydrogen (secondary N) is 1. The first-order valence-corrected chi connectivity index (χ1v) is 8.74. The van der Waals surface area contributed by atoms with Gasteiger partial charge in [0, 0.05) is 29.0 Å². The van der Waals surface area contributed by atoms with Crippen LogP contribution >= 0.6 is 23.4 Å². The molecule has 0 atom stereocenters. The third-order valence-electron chi connectivity index (χ3n) is 3.37. The van der Waals surface area contributed by atoms with Gasteiger partial charge in [0.2, 0.25) is 5.91 Å². The zero-order valence-electron chi connectivity index (χ0n) is 13.2. The molecule has 1 amide bonds. The molecule has 128 valence electrons. The molecular formula is C17H14ClFN4OS. The van der Waals surface area contributed by atoms with Crippen LogP contribution in [0.25, 0.3) is 5.69 Å². The lowest BCUT2D eigenvalue weighted by molar-refractivity contribution is -0.114. The monoisotopic (exact) mass is 376 g/mol. The Morgan fingerprint density at radius 1 is 1.32 bits per heavy atom. The molecule has 0 radical (unpaired) electrons. The van der Waals surface area contributed by atoms with Crippen LogP contribution in [0.1, 0.15) is 12.5 Å². The molecule has 0 fully saturated rings. The van der Waals surface area contributed by atoms with Crippen molar-refractivity contribution in [2.75, 3.05) is 5.32 Å². The van der Waals surface area contributed by atoms with E-state index < -0.39 is 0 Å². The van der Waals surface area contributed by atoms with Crippen LogP contribution in [0.3, 0.4) is 0 Å². The van der Waals surface area contributed by atoms with Gasteiger partial charge in [-0.3, -0.25) is 9.36 Å². The summed E-state index contributed by atoms with van der Waals surface area (Å²) in [6.07, 6.45) is 1.57. The van der Waals surface area contributed by atoms with Crippen LogP contribution in [-0.4, -0.2) is 20.7 Å². The number of hydrogen-bond acceptors (Lipinski definition) is 4. The highest BCUT2D eigenvalue weighted by molar-refractivity contribution is 7.98. The van der Waals surface area contributed by atoms with E-state index in [1.807, 2.05) is 18.2 Å². The van der Waals surface area contributed by atoms with E-state index in [4.69, 9.17) is 11.6 Å². The fourth-order valence-electron chi connectivity index (χ4n) is 2.24. The number of anilines is 1. The molecule has 5 nitrogen and oxygen atoms in total. The molecule has 3 aromatic rings. The van der Waals surface area contributed by atoms with Gasteiger partial charge in [-0.25, -0.2) is 4.39 Å². The largest absolute Gasteiger partial charge is 0.326 e. The highest BCUT2D eigenvalue weighted by Gasteiger charge is 2.12. The molecule has 0 unspecified atom stereocenters. The molecule has 0 aliphatic rings. The molecule has 0 spiro atoms. The molecule has 0 saturated carbocycles. The van der Waals surface area contributed by atoms with Crippen molar-refractivity contribution >= 4 is 35.0 Å². The van der Waals surface area contributed by atoms with Gasteiger partial charge in [-0.05, 0) is 30.3 Å². The number of halogens is 2. The maximum Gasteiger partial charge on any atom is 0.221 e. The summed E-state index contributed by atoms with van der Waals surface area (Å²) in [5.41, 5.74) is 1.89. The molecule has 25 heavy (non-hydrogen) atoms. The summed E-state index contributed by atoms with van der Waals surface area (Å²) in [5.74, 6) is -0.168. The average molecular weight is 377 g/mol. The van der Waals surface area contributed by atoms with E-state index in [9.17, 15) is 9.18 Å². The number of carbonyl (C=O) groups is 1. The lowest BCUT2D eigenvalue weighted by Gasteiger charge is -2.09. The molecule has 2 aromatic carbocycles. The number of rotatable bonds is 5. The SMILES string of the molecule is CC(=O)Nc1cccc(-n2cnnc2SCc2c(F)cccc2Cl)c1. The third-order valence-corrected chi connectivity index (χ3v) is 4.69. The van der Waals surface area contributed by atoms with Gasteiger partial charge < -0.3 is 5.32 Å². The number of thioether (sulfide) groups is 1. The van der Waals surface area contributed by atoms with Crippen molar-refractivity contribution in [3.8, 4) is 5.69 Å². The second kappa shape index (κ2) is 7.67. The van der Waals surface area contributed by atoms with Crippen molar-refractivity contribution in [3.05, 3.63) is 65.2 Å². The summed E-state index contributed by atoms with van der Waals surface area (Å²) >= 11 is 7.39. The number of carbonyl (C=O) groups excluding carboxylic acids is 1. The molecule has 8 heteroatoms. The second-order valence-corrected chi connectivity index (χ2v) is 6.55. The Labute approximate surface area is 153 Å². The Morgan fingerprint density at radius 2 is 2.12 bits per heavy atom. The van der Waals surface area contributed by atoms with E-state index in [2.05, 4.69) is 15.5 Å². The Hall–Kier alpha value is -2.38. The number of nitrogens with zero attached hydrogens (tertiary/aromatic N) is 3. The molecule has 1 aromatic heterocycles. The zero-order valence-corrected chi connectivity index (χ0v) is 14.8. The highest BCUT2D eigenvalue weighted by atomic mass is 35.5. The van der Waals surface area contributed by atoms with E-state index in [0.29, 0.717) is 27.2 Å². The fourth-order valence-corrected chi connectivity index (χ4v) is 3.52. The molecule has 3 rings (SSSR count). The lowest BCUT2D eigenvalue weighted by atomic mass is 10.2. The molecule has 1 N–H and O–H groups in total. The van der Waals surface area contributed by atoms with Gasteiger partial charge in [-0.2, -0.15) is 0 Å². The minimum atomic E-state index is -0.348. The minimum absolute atomic E-state index is 0.148. The topological polar surface area (TPSA) is 59.8 Å². The zero-order chi connectivity index (χ0) is 17.8. The molecule has 0 aliphatic carbocycles. The van der Waals surface area contributed by atoms with Crippen LogP contribution in [0.2, 0.25) is 5.02 Å². The molecular weight excluding hydrogens is 363 g/mol. The van der Waals surface area contributed by atoms with Crippen LogP contribution in [0.15, 0.2) is 53.9 Å². The van der Waals surface area contributed by atoms with Crippen LogP contribution < -0.4 is 5.32 Å². The highest BCUT2D eigenvalue weighted by Crippen LogP contribution is 2.29. The molecule has 1 heterocycles. The first kappa shape index (κ1) is 17.4. The van der Waals surface area contributed by atoms with Gasteiger partial charge in [-0.1, -0.05) is 35.5 Å². The van der Waals surface area contributed by atoms with Crippen molar-refractivity contribution in [1.29, 1.82) is 0 Å². The quantitative estimate of drug-likeness (QED) is 0.674. The summed E-state index contributed by atoms with van der Waals surface area (Å²) in [6, 6.07) is 11.9. The number of benzene rings is 2. The van der Waals surface area contributed by atoms with Gasteiger partial charge in [0.1, 0.15) is 12.1 Å². The normalized spacial score (nSPS) is 10.7. The van der Waals surface area contributed by atoms with E-state index in [1.165, 1.54) is 24.8 Å². The summed E-state index contributed by atoms with van der Waals surface area (Å²) < 4.78 is 15.7. The van der Waals surface area contributed by atoms with Gasteiger partial charge in [0.25, 0.3) is 0 Å². The number of aromatic nitrogens is 3. The Balaban J connectivity index is 1.82. The van der Waals surface area contributed by atoms with E-state index in [0.717, 1.165) is 5.69 Å². The molecule has 0 bridgehead atoms. The fraction of sp³-hybridized carbons (Fsp3) is 0.118. The average Bonchev–Trinajstić information content (AvgIpc) is 3.02. The Kier molecular flexibility index (Phi) is 5.35. The van der Waals surface area contributed by atoms with Crippen LogP contribution in [0.5, 0.6) is 0 Å². The number of hydrogen-bond donors (Lipinski definition) is 1. The van der Waals surface area contributed by atoms with Gasteiger partial charge in [0.05, 0.1) is 5.69 Å². The standard InChI is InChI=1S/C17H14ClFN4OS/c1-11(24)21-12-4-2-5-13(8-12)23-10-20-22-17(23)25-9-14-15(18)6-3-7-16(14)19/h2-8,10H,9H2,1H3,(H,21,24). The van der Waals surface area contributed by atoms with Crippen molar-refractivity contribution in [2.24, 2.45) is 0 Å². The first-order valence-electron chi connectivity index (χ1n) is 7.38.